The van der Waals surface area contributed by atoms with Crippen LogP contribution in [0.3, 0.4) is 0 Å². The van der Waals surface area contributed by atoms with E-state index < -0.39 is 0 Å². The standard InChI is InChI=1S/C17H29N5O2.ClH/c1-17(2)13-24-11-10-21(17)9-7-19-16(23)15-5-8-22(20-15)14-4-3-6-18-12-14;/h5,8,14,18H,3-4,6-7,9-13H2,1-2H3,(H,19,23);1H. The molecule has 0 radical (unpaired) electrons. The summed E-state index contributed by atoms with van der Waals surface area (Å²) in [5, 5.41) is 10.8. The van der Waals surface area contributed by atoms with Gasteiger partial charge in [0, 0.05) is 37.9 Å². The molecule has 142 valence electrons. The van der Waals surface area contributed by atoms with Gasteiger partial charge in [-0.15, -0.1) is 12.4 Å². The molecule has 2 aliphatic rings. The van der Waals surface area contributed by atoms with Gasteiger partial charge in [0.15, 0.2) is 0 Å². The molecule has 1 aromatic heterocycles. The first-order chi connectivity index (χ1) is 11.6. The molecule has 2 fully saturated rings. The van der Waals surface area contributed by atoms with Gasteiger partial charge in [-0.05, 0) is 39.3 Å². The first-order valence-corrected chi connectivity index (χ1v) is 8.93. The Hall–Kier alpha value is -1.15. The first kappa shape index (κ1) is 20.2. The normalized spacial score (nSPS) is 23.7. The fourth-order valence-corrected chi connectivity index (χ4v) is 3.42. The highest BCUT2D eigenvalue weighted by Gasteiger charge is 2.30. The van der Waals surface area contributed by atoms with E-state index >= 15 is 0 Å². The van der Waals surface area contributed by atoms with Gasteiger partial charge < -0.3 is 15.4 Å². The maximum atomic E-state index is 12.3. The molecular weight excluding hydrogens is 342 g/mol. The Balaban J connectivity index is 0.00000225. The predicted octanol–water partition coefficient (Wildman–Crippen LogP) is 1.07. The zero-order valence-electron chi connectivity index (χ0n) is 15.2. The molecule has 1 aromatic rings. The van der Waals surface area contributed by atoms with Crippen LogP contribution in [0.25, 0.3) is 0 Å². The Morgan fingerprint density at radius 3 is 3.08 bits per heavy atom. The molecule has 3 heterocycles. The van der Waals surface area contributed by atoms with Crippen molar-refractivity contribution in [3.05, 3.63) is 18.0 Å². The van der Waals surface area contributed by atoms with Crippen LogP contribution in [0, 0.1) is 0 Å². The van der Waals surface area contributed by atoms with E-state index in [1.54, 1.807) is 0 Å². The van der Waals surface area contributed by atoms with Crippen molar-refractivity contribution >= 4 is 18.3 Å². The van der Waals surface area contributed by atoms with Crippen LogP contribution in [0.5, 0.6) is 0 Å². The molecule has 0 aromatic carbocycles. The van der Waals surface area contributed by atoms with Gasteiger partial charge in [0.05, 0.1) is 19.3 Å². The average Bonchev–Trinajstić information content (AvgIpc) is 3.07. The van der Waals surface area contributed by atoms with Gasteiger partial charge in [-0.2, -0.15) is 5.10 Å². The Morgan fingerprint density at radius 1 is 1.52 bits per heavy atom. The lowest BCUT2D eigenvalue weighted by molar-refractivity contribution is -0.0498. The van der Waals surface area contributed by atoms with Gasteiger partial charge in [-0.1, -0.05) is 0 Å². The molecule has 0 aliphatic carbocycles. The summed E-state index contributed by atoms with van der Waals surface area (Å²) in [4.78, 5) is 14.7. The number of carbonyl (C=O) groups excluding carboxylic acids is 1. The summed E-state index contributed by atoms with van der Waals surface area (Å²) in [5.74, 6) is -0.0939. The van der Waals surface area contributed by atoms with E-state index in [9.17, 15) is 4.79 Å². The van der Waals surface area contributed by atoms with Gasteiger partial charge in [0.2, 0.25) is 0 Å². The monoisotopic (exact) mass is 371 g/mol. The summed E-state index contributed by atoms with van der Waals surface area (Å²) >= 11 is 0. The lowest BCUT2D eigenvalue weighted by Gasteiger charge is -2.42. The number of halogens is 1. The number of piperidine rings is 1. The number of carbonyl (C=O) groups is 1. The second-order valence-corrected chi connectivity index (χ2v) is 7.29. The summed E-state index contributed by atoms with van der Waals surface area (Å²) in [7, 11) is 0. The molecule has 2 saturated heterocycles. The fraction of sp³-hybridized carbons (Fsp3) is 0.765. The molecule has 7 nitrogen and oxygen atoms in total. The molecule has 1 atom stereocenters. The summed E-state index contributed by atoms with van der Waals surface area (Å²) < 4.78 is 7.45. The lowest BCUT2D eigenvalue weighted by atomic mass is 10.0. The number of morpholine rings is 1. The maximum absolute atomic E-state index is 12.3. The highest BCUT2D eigenvalue weighted by atomic mass is 35.5. The molecule has 0 saturated carbocycles. The minimum absolute atomic E-state index is 0. The van der Waals surface area contributed by atoms with E-state index in [0.29, 0.717) is 18.3 Å². The van der Waals surface area contributed by atoms with Crippen molar-refractivity contribution < 1.29 is 9.53 Å². The molecule has 0 bridgehead atoms. The van der Waals surface area contributed by atoms with Crippen LogP contribution in [-0.4, -0.2) is 72.1 Å². The zero-order chi connectivity index (χ0) is 17.0. The number of rotatable bonds is 5. The predicted molar refractivity (Wildman–Crippen MR) is 99.4 cm³/mol. The smallest absolute Gasteiger partial charge is 0.271 e. The summed E-state index contributed by atoms with van der Waals surface area (Å²) in [6.45, 7) is 10.2. The quantitative estimate of drug-likeness (QED) is 0.810. The second-order valence-electron chi connectivity index (χ2n) is 7.29. The van der Waals surface area contributed by atoms with Gasteiger partial charge in [-0.3, -0.25) is 14.4 Å². The number of aromatic nitrogens is 2. The molecule has 0 spiro atoms. The van der Waals surface area contributed by atoms with Gasteiger partial charge in [0.25, 0.3) is 5.91 Å². The van der Waals surface area contributed by atoms with E-state index in [1.165, 1.54) is 0 Å². The minimum atomic E-state index is -0.0939. The van der Waals surface area contributed by atoms with E-state index in [2.05, 4.69) is 34.5 Å². The van der Waals surface area contributed by atoms with Gasteiger partial charge >= 0.3 is 0 Å². The molecule has 25 heavy (non-hydrogen) atoms. The van der Waals surface area contributed by atoms with E-state index in [1.807, 2.05) is 16.9 Å². The molecular formula is C17H30ClN5O2. The average molecular weight is 372 g/mol. The van der Waals surface area contributed by atoms with Crippen LogP contribution in [-0.2, 0) is 4.74 Å². The molecule has 2 aliphatic heterocycles. The molecule has 3 rings (SSSR count). The van der Waals surface area contributed by atoms with Crippen molar-refractivity contribution in [1.29, 1.82) is 0 Å². The lowest BCUT2D eigenvalue weighted by Crippen LogP contribution is -2.54. The van der Waals surface area contributed by atoms with E-state index in [-0.39, 0.29) is 23.9 Å². The third kappa shape index (κ3) is 5.17. The van der Waals surface area contributed by atoms with Crippen LogP contribution in [0.4, 0.5) is 0 Å². The van der Waals surface area contributed by atoms with Crippen LogP contribution < -0.4 is 10.6 Å². The number of hydrogen-bond acceptors (Lipinski definition) is 5. The first-order valence-electron chi connectivity index (χ1n) is 8.93. The maximum Gasteiger partial charge on any atom is 0.271 e. The second kappa shape index (κ2) is 8.98. The Kier molecular flexibility index (Phi) is 7.25. The van der Waals surface area contributed by atoms with Crippen molar-refractivity contribution in [2.45, 2.75) is 38.3 Å². The van der Waals surface area contributed by atoms with Crippen molar-refractivity contribution in [3.8, 4) is 0 Å². The highest BCUT2D eigenvalue weighted by molar-refractivity contribution is 5.92. The van der Waals surface area contributed by atoms with Crippen LogP contribution in [0.2, 0.25) is 0 Å². The largest absolute Gasteiger partial charge is 0.378 e. The van der Waals surface area contributed by atoms with Crippen LogP contribution in [0.1, 0.15) is 43.2 Å². The Bertz CT molecular complexity index is 557. The van der Waals surface area contributed by atoms with Crippen LogP contribution >= 0.6 is 12.4 Å². The molecule has 1 unspecified atom stereocenters. The van der Waals surface area contributed by atoms with Gasteiger partial charge in [-0.25, -0.2) is 0 Å². The molecule has 1 amide bonds. The summed E-state index contributed by atoms with van der Waals surface area (Å²) in [6.07, 6.45) is 4.18. The van der Waals surface area contributed by atoms with E-state index in [0.717, 1.165) is 52.2 Å². The highest BCUT2D eigenvalue weighted by Crippen LogP contribution is 2.18. The number of hydrogen-bond donors (Lipinski definition) is 2. The third-order valence-corrected chi connectivity index (χ3v) is 4.97. The number of nitrogens with one attached hydrogen (secondary N) is 2. The van der Waals surface area contributed by atoms with E-state index in [4.69, 9.17) is 4.74 Å². The minimum Gasteiger partial charge on any atom is -0.378 e. The number of nitrogens with zero attached hydrogens (tertiary/aromatic N) is 3. The topological polar surface area (TPSA) is 71.4 Å². The molecule has 2 N–H and O–H groups in total. The van der Waals surface area contributed by atoms with Crippen molar-refractivity contribution in [1.82, 2.24) is 25.3 Å². The Morgan fingerprint density at radius 2 is 2.36 bits per heavy atom. The third-order valence-electron chi connectivity index (χ3n) is 4.97. The summed E-state index contributed by atoms with van der Waals surface area (Å²) in [5.41, 5.74) is 0.528. The van der Waals surface area contributed by atoms with Crippen LogP contribution in [0.15, 0.2) is 12.3 Å². The van der Waals surface area contributed by atoms with Crippen molar-refractivity contribution in [2.24, 2.45) is 0 Å². The van der Waals surface area contributed by atoms with Crippen molar-refractivity contribution in [3.63, 3.8) is 0 Å². The number of ether oxygens (including phenoxy) is 1. The fourth-order valence-electron chi connectivity index (χ4n) is 3.42. The SMILES string of the molecule is CC1(C)COCCN1CCNC(=O)c1ccn(C2CCCNC2)n1.Cl. The van der Waals surface area contributed by atoms with Crippen molar-refractivity contribution in [2.75, 3.05) is 45.9 Å². The summed E-state index contributed by atoms with van der Waals surface area (Å²) in [6, 6.07) is 2.16. The molecule has 8 heteroatoms. The van der Waals surface area contributed by atoms with Gasteiger partial charge in [0.1, 0.15) is 5.69 Å². The number of amides is 1. The zero-order valence-corrected chi connectivity index (χ0v) is 16.0. The Labute approximate surface area is 155 Å².